The van der Waals surface area contributed by atoms with E-state index >= 15 is 0 Å². The summed E-state index contributed by atoms with van der Waals surface area (Å²) in [5.74, 6) is 0.363. The minimum absolute atomic E-state index is 0.0117. The smallest absolute Gasteiger partial charge is 0.362 e. The van der Waals surface area contributed by atoms with Gasteiger partial charge in [0.05, 0.1) is 0 Å². The fourth-order valence-corrected chi connectivity index (χ4v) is 2.52. The number of hydrogen-bond donors (Lipinski definition) is 2. The molecule has 2 aromatic heterocycles. The van der Waals surface area contributed by atoms with E-state index in [9.17, 15) is 10.1 Å². The van der Waals surface area contributed by atoms with E-state index in [1.165, 1.54) is 28.6 Å². The molecule has 18 heavy (non-hydrogen) atoms. The summed E-state index contributed by atoms with van der Waals surface area (Å²) in [6.07, 6.45) is 4.14. The third-order valence-electron chi connectivity index (χ3n) is 2.84. The Hall–Kier alpha value is -1.67. The fourth-order valence-electron chi connectivity index (χ4n) is 1.81. The normalized spacial score (nSPS) is 15.1. The lowest BCUT2D eigenvalue weighted by Gasteiger charge is -2.04. The molecule has 0 radical (unpaired) electrons. The first-order valence-electron chi connectivity index (χ1n) is 5.83. The van der Waals surface area contributed by atoms with Gasteiger partial charge in [-0.3, -0.25) is 0 Å². The molecule has 0 spiro atoms. The highest BCUT2D eigenvalue weighted by molar-refractivity contribution is 7.15. The van der Waals surface area contributed by atoms with Crippen LogP contribution in [-0.4, -0.2) is 33.4 Å². The summed E-state index contributed by atoms with van der Waals surface area (Å²) in [7, 11) is 0. The van der Waals surface area contributed by atoms with Crippen LogP contribution in [0.25, 0.3) is 4.96 Å². The molecule has 3 rings (SSSR count). The summed E-state index contributed by atoms with van der Waals surface area (Å²) in [5, 5.41) is 19.2. The molecular formula is C10H13N5O2S. The maximum Gasteiger partial charge on any atom is 0.372 e. The minimum Gasteiger partial charge on any atom is -0.362 e. The second-order valence-electron chi connectivity index (χ2n) is 4.25. The molecule has 0 bridgehead atoms. The van der Waals surface area contributed by atoms with Crippen LogP contribution >= 0.6 is 11.3 Å². The lowest BCUT2D eigenvalue weighted by molar-refractivity contribution is -0.389. The molecule has 1 saturated carbocycles. The zero-order valence-corrected chi connectivity index (χ0v) is 10.4. The van der Waals surface area contributed by atoms with Gasteiger partial charge in [0.25, 0.3) is 4.96 Å². The van der Waals surface area contributed by atoms with Crippen LogP contribution in [0.4, 0.5) is 11.6 Å². The van der Waals surface area contributed by atoms with E-state index in [1.807, 2.05) is 0 Å². The van der Waals surface area contributed by atoms with Crippen LogP contribution < -0.4 is 10.6 Å². The molecule has 0 saturated heterocycles. The van der Waals surface area contributed by atoms with Crippen LogP contribution in [0.1, 0.15) is 12.8 Å². The summed E-state index contributed by atoms with van der Waals surface area (Å²) in [6.45, 7) is 1.44. The molecule has 1 aliphatic carbocycles. The maximum atomic E-state index is 11.0. The predicted octanol–water partition coefficient (Wildman–Crippen LogP) is 1.47. The Morgan fingerprint density at radius 2 is 2.39 bits per heavy atom. The summed E-state index contributed by atoms with van der Waals surface area (Å²) in [5.41, 5.74) is 0. The second kappa shape index (κ2) is 4.54. The molecule has 2 aromatic rings. The van der Waals surface area contributed by atoms with E-state index < -0.39 is 4.92 Å². The van der Waals surface area contributed by atoms with Gasteiger partial charge in [0, 0.05) is 24.5 Å². The Kier molecular flexibility index (Phi) is 2.88. The molecule has 0 aromatic carbocycles. The Balaban J connectivity index is 1.71. The Morgan fingerprint density at radius 1 is 1.56 bits per heavy atom. The first-order chi connectivity index (χ1) is 8.75. The SMILES string of the molecule is O=[N+]([O-])c1c(NCCNC2CC2)nc2sccn12. The van der Waals surface area contributed by atoms with Crippen molar-refractivity contribution in [1.29, 1.82) is 0 Å². The number of thiazole rings is 1. The van der Waals surface area contributed by atoms with Crippen molar-refractivity contribution < 1.29 is 4.92 Å². The Labute approximate surface area is 107 Å². The van der Waals surface area contributed by atoms with Gasteiger partial charge in [-0.2, -0.15) is 9.38 Å². The van der Waals surface area contributed by atoms with Crippen molar-refractivity contribution in [3.05, 3.63) is 21.7 Å². The topological polar surface area (TPSA) is 84.5 Å². The van der Waals surface area contributed by atoms with E-state index in [4.69, 9.17) is 0 Å². The quantitative estimate of drug-likeness (QED) is 0.470. The van der Waals surface area contributed by atoms with Crippen molar-refractivity contribution in [1.82, 2.24) is 14.7 Å². The molecule has 0 aliphatic heterocycles. The molecule has 1 fully saturated rings. The van der Waals surface area contributed by atoms with Gasteiger partial charge in [0.2, 0.25) is 5.82 Å². The number of hydrogen-bond acceptors (Lipinski definition) is 6. The Morgan fingerprint density at radius 3 is 3.11 bits per heavy atom. The molecule has 0 atom stereocenters. The number of fused-ring (bicyclic) bond motifs is 1. The maximum absolute atomic E-state index is 11.0. The molecule has 7 nitrogen and oxygen atoms in total. The lowest BCUT2D eigenvalue weighted by Crippen LogP contribution is -2.24. The van der Waals surface area contributed by atoms with Crippen molar-refractivity contribution in [2.75, 3.05) is 18.4 Å². The third-order valence-corrected chi connectivity index (χ3v) is 3.59. The minimum atomic E-state index is -0.399. The number of nitrogens with zero attached hydrogens (tertiary/aromatic N) is 3. The molecule has 0 unspecified atom stereocenters. The van der Waals surface area contributed by atoms with Crippen LogP contribution in [0, 0.1) is 10.1 Å². The van der Waals surface area contributed by atoms with Crippen LogP contribution in [0.5, 0.6) is 0 Å². The zero-order valence-electron chi connectivity index (χ0n) is 9.63. The largest absolute Gasteiger partial charge is 0.372 e. The summed E-state index contributed by atoms with van der Waals surface area (Å²) in [4.78, 5) is 15.5. The van der Waals surface area contributed by atoms with Gasteiger partial charge in [0.15, 0.2) is 0 Å². The number of anilines is 1. The molecule has 2 heterocycles. The average molecular weight is 267 g/mol. The second-order valence-corrected chi connectivity index (χ2v) is 5.12. The van der Waals surface area contributed by atoms with Crippen LogP contribution in [0.3, 0.4) is 0 Å². The van der Waals surface area contributed by atoms with Crippen molar-refractivity contribution in [3.63, 3.8) is 0 Å². The van der Waals surface area contributed by atoms with Crippen LogP contribution in [0.15, 0.2) is 11.6 Å². The van der Waals surface area contributed by atoms with Crippen LogP contribution in [-0.2, 0) is 0 Å². The highest BCUT2D eigenvalue weighted by Crippen LogP contribution is 2.27. The van der Waals surface area contributed by atoms with Crippen molar-refractivity contribution in [2.45, 2.75) is 18.9 Å². The first kappa shape index (κ1) is 11.4. The highest BCUT2D eigenvalue weighted by atomic mass is 32.1. The number of imidazole rings is 1. The lowest BCUT2D eigenvalue weighted by atomic mass is 10.5. The molecule has 0 amide bonds. The third kappa shape index (κ3) is 2.16. The summed E-state index contributed by atoms with van der Waals surface area (Å²) >= 11 is 1.39. The predicted molar refractivity (Wildman–Crippen MR) is 69.2 cm³/mol. The first-order valence-corrected chi connectivity index (χ1v) is 6.71. The van der Waals surface area contributed by atoms with Crippen molar-refractivity contribution >= 4 is 27.9 Å². The standard InChI is InChI=1S/C10H13N5O2S/c16-15(17)9-8(12-4-3-11-7-1-2-7)13-10-14(9)5-6-18-10/h5-7,11-12H,1-4H2. The summed E-state index contributed by atoms with van der Waals surface area (Å²) < 4.78 is 1.50. The highest BCUT2D eigenvalue weighted by Gasteiger charge is 2.23. The van der Waals surface area contributed by atoms with Gasteiger partial charge in [-0.1, -0.05) is 11.3 Å². The van der Waals surface area contributed by atoms with Crippen molar-refractivity contribution in [3.8, 4) is 0 Å². The number of rotatable bonds is 6. The van der Waals surface area contributed by atoms with Crippen LogP contribution in [0.2, 0.25) is 0 Å². The molecule has 2 N–H and O–H groups in total. The van der Waals surface area contributed by atoms with E-state index in [0.29, 0.717) is 23.4 Å². The fraction of sp³-hybridized carbons (Fsp3) is 0.500. The monoisotopic (exact) mass is 267 g/mol. The zero-order chi connectivity index (χ0) is 12.5. The molecule has 96 valence electrons. The van der Waals surface area contributed by atoms with Gasteiger partial charge in [-0.15, -0.1) is 0 Å². The van der Waals surface area contributed by atoms with Gasteiger partial charge >= 0.3 is 5.82 Å². The summed E-state index contributed by atoms with van der Waals surface area (Å²) in [6, 6.07) is 0.646. The Bertz CT molecular complexity index is 574. The van der Waals surface area contributed by atoms with E-state index in [2.05, 4.69) is 15.6 Å². The van der Waals surface area contributed by atoms with Crippen molar-refractivity contribution in [2.24, 2.45) is 0 Å². The average Bonchev–Trinajstić information content (AvgIpc) is 2.92. The number of nitro groups is 1. The molecule has 8 heteroatoms. The van der Waals surface area contributed by atoms with Gasteiger partial charge in [0.1, 0.15) is 6.20 Å². The van der Waals surface area contributed by atoms with E-state index in [0.717, 1.165) is 6.54 Å². The number of aromatic nitrogens is 2. The van der Waals surface area contributed by atoms with Gasteiger partial charge in [-0.25, -0.2) is 0 Å². The van der Waals surface area contributed by atoms with E-state index in [-0.39, 0.29) is 5.82 Å². The molecule has 1 aliphatic rings. The van der Waals surface area contributed by atoms with E-state index in [1.54, 1.807) is 11.6 Å². The van der Waals surface area contributed by atoms with Gasteiger partial charge < -0.3 is 20.7 Å². The number of nitrogens with one attached hydrogen (secondary N) is 2. The van der Waals surface area contributed by atoms with Gasteiger partial charge in [-0.05, 0) is 17.8 Å². The molecular weight excluding hydrogens is 254 g/mol.